The number of halogens is 2. The third-order valence-electron chi connectivity index (χ3n) is 2.21. The lowest BCUT2D eigenvalue weighted by Gasteiger charge is -2.08. The van der Waals surface area contributed by atoms with E-state index >= 15 is 0 Å². The van der Waals surface area contributed by atoms with Crippen molar-refractivity contribution < 1.29 is 4.39 Å². The molecule has 76 valence electrons. The predicted octanol–water partition coefficient (Wildman–Crippen LogP) is 3.18. The highest BCUT2D eigenvalue weighted by molar-refractivity contribution is 9.10. The largest absolute Gasteiger partial charge is 0.327 e. The topological polar surface area (TPSA) is 26.0 Å². The first-order chi connectivity index (χ1) is 6.57. The van der Waals surface area contributed by atoms with Gasteiger partial charge in [0.1, 0.15) is 5.82 Å². The second-order valence-electron chi connectivity index (χ2n) is 3.17. The highest BCUT2D eigenvalue weighted by Crippen LogP contribution is 2.26. The molecule has 0 saturated heterocycles. The minimum Gasteiger partial charge on any atom is -0.327 e. The fourth-order valence-electron chi connectivity index (χ4n) is 1.25. The van der Waals surface area contributed by atoms with E-state index in [1.165, 1.54) is 0 Å². The molecule has 14 heavy (non-hydrogen) atoms. The summed E-state index contributed by atoms with van der Waals surface area (Å²) in [5.74, 6) is -0.224. The fourth-order valence-corrected chi connectivity index (χ4v) is 1.81. The van der Waals surface area contributed by atoms with Crippen LogP contribution in [-0.2, 0) is 0 Å². The van der Waals surface area contributed by atoms with Gasteiger partial charge in [0, 0.05) is 12.1 Å². The SMILES string of the molecule is Cc1cc(Br)c(F)c(/C=C/CN)c1C. The van der Waals surface area contributed by atoms with Crippen LogP contribution in [0.25, 0.3) is 6.08 Å². The maximum atomic E-state index is 13.6. The summed E-state index contributed by atoms with van der Waals surface area (Å²) >= 11 is 3.18. The van der Waals surface area contributed by atoms with Crippen LogP contribution in [0.5, 0.6) is 0 Å². The first kappa shape index (κ1) is 11.4. The molecule has 0 aliphatic heterocycles. The lowest BCUT2D eigenvalue weighted by atomic mass is 10.0. The van der Waals surface area contributed by atoms with Crippen molar-refractivity contribution in [3.8, 4) is 0 Å². The van der Waals surface area contributed by atoms with Crippen molar-refractivity contribution in [2.45, 2.75) is 13.8 Å². The smallest absolute Gasteiger partial charge is 0.144 e. The first-order valence-electron chi connectivity index (χ1n) is 4.39. The molecular formula is C11H13BrFN. The van der Waals surface area contributed by atoms with E-state index in [0.29, 0.717) is 16.6 Å². The van der Waals surface area contributed by atoms with Crippen LogP contribution in [0.3, 0.4) is 0 Å². The molecule has 1 nitrogen and oxygen atoms in total. The van der Waals surface area contributed by atoms with E-state index in [1.807, 2.05) is 13.8 Å². The zero-order valence-corrected chi connectivity index (χ0v) is 9.86. The van der Waals surface area contributed by atoms with E-state index in [9.17, 15) is 4.39 Å². The number of rotatable bonds is 2. The van der Waals surface area contributed by atoms with Crippen LogP contribution in [0, 0.1) is 19.7 Å². The van der Waals surface area contributed by atoms with Crippen molar-refractivity contribution >= 4 is 22.0 Å². The van der Waals surface area contributed by atoms with Crippen molar-refractivity contribution in [3.63, 3.8) is 0 Å². The third kappa shape index (κ3) is 2.22. The molecule has 0 aliphatic rings. The third-order valence-corrected chi connectivity index (χ3v) is 2.78. The molecule has 0 amide bonds. The maximum absolute atomic E-state index is 13.6. The number of hydrogen-bond acceptors (Lipinski definition) is 1. The van der Waals surface area contributed by atoms with Crippen LogP contribution >= 0.6 is 15.9 Å². The molecule has 0 aliphatic carbocycles. The molecule has 0 saturated carbocycles. The van der Waals surface area contributed by atoms with Crippen LogP contribution < -0.4 is 5.73 Å². The number of hydrogen-bond donors (Lipinski definition) is 1. The van der Waals surface area contributed by atoms with E-state index in [-0.39, 0.29) is 5.82 Å². The van der Waals surface area contributed by atoms with Gasteiger partial charge in [-0.1, -0.05) is 12.2 Å². The van der Waals surface area contributed by atoms with E-state index in [4.69, 9.17) is 5.73 Å². The van der Waals surface area contributed by atoms with Gasteiger partial charge >= 0.3 is 0 Å². The molecule has 0 radical (unpaired) electrons. The summed E-state index contributed by atoms with van der Waals surface area (Å²) in [6.07, 6.45) is 3.47. The maximum Gasteiger partial charge on any atom is 0.144 e. The van der Waals surface area contributed by atoms with Crippen molar-refractivity contribution in [1.82, 2.24) is 0 Å². The molecule has 0 bridgehead atoms. The van der Waals surface area contributed by atoms with Gasteiger partial charge in [0.2, 0.25) is 0 Å². The van der Waals surface area contributed by atoms with E-state index in [2.05, 4.69) is 15.9 Å². The quantitative estimate of drug-likeness (QED) is 0.866. The second-order valence-corrected chi connectivity index (χ2v) is 4.02. The van der Waals surface area contributed by atoms with Crippen LogP contribution in [-0.4, -0.2) is 6.54 Å². The van der Waals surface area contributed by atoms with Gasteiger partial charge in [-0.25, -0.2) is 4.39 Å². The Balaban J connectivity index is 3.32. The summed E-state index contributed by atoms with van der Waals surface area (Å²) in [4.78, 5) is 0. The van der Waals surface area contributed by atoms with Gasteiger partial charge in [0.15, 0.2) is 0 Å². The number of aryl methyl sites for hydroxylation is 1. The lowest BCUT2D eigenvalue weighted by molar-refractivity contribution is 0.616. The first-order valence-corrected chi connectivity index (χ1v) is 5.19. The van der Waals surface area contributed by atoms with Gasteiger partial charge < -0.3 is 5.73 Å². The Kier molecular flexibility index (Phi) is 3.84. The molecule has 3 heteroatoms. The summed E-state index contributed by atoms with van der Waals surface area (Å²) in [7, 11) is 0. The standard InChI is InChI=1S/C11H13BrFN/c1-7-6-10(12)11(13)9(8(7)2)4-3-5-14/h3-4,6H,5,14H2,1-2H3/b4-3+. The minimum atomic E-state index is -0.224. The van der Waals surface area contributed by atoms with Crippen molar-refractivity contribution in [2.24, 2.45) is 5.73 Å². The van der Waals surface area contributed by atoms with E-state index < -0.39 is 0 Å². The number of nitrogens with two attached hydrogens (primary N) is 1. The minimum absolute atomic E-state index is 0.224. The molecule has 0 atom stereocenters. The molecule has 2 N–H and O–H groups in total. The number of benzene rings is 1. The second kappa shape index (κ2) is 4.71. The van der Waals surface area contributed by atoms with Gasteiger partial charge in [0.05, 0.1) is 4.47 Å². The lowest BCUT2D eigenvalue weighted by Crippen LogP contribution is -1.96. The van der Waals surface area contributed by atoms with Crippen LogP contribution in [0.4, 0.5) is 4.39 Å². The van der Waals surface area contributed by atoms with Crippen LogP contribution in [0.1, 0.15) is 16.7 Å². The zero-order valence-electron chi connectivity index (χ0n) is 8.27. The highest BCUT2D eigenvalue weighted by atomic mass is 79.9. The summed E-state index contributed by atoms with van der Waals surface area (Å²) in [6, 6.07) is 1.78. The Hall–Kier alpha value is -0.670. The molecule has 0 unspecified atom stereocenters. The Bertz CT molecular complexity index is 346. The summed E-state index contributed by atoms with van der Waals surface area (Å²) in [5.41, 5.74) is 7.96. The van der Waals surface area contributed by atoms with Crippen LogP contribution in [0.15, 0.2) is 16.6 Å². The summed E-state index contributed by atoms with van der Waals surface area (Å²) in [6.45, 7) is 4.28. The van der Waals surface area contributed by atoms with Gasteiger partial charge in [-0.3, -0.25) is 0 Å². The average Bonchev–Trinajstić information content (AvgIpc) is 2.15. The van der Waals surface area contributed by atoms with Crippen molar-refractivity contribution in [1.29, 1.82) is 0 Å². The normalized spacial score (nSPS) is 11.2. The molecule has 0 aromatic heterocycles. The van der Waals surface area contributed by atoms with E-state index in [0.717, 1.165) is 11.1 Å². The van der Waals surface area contributed by atoms with Gasteiger partial charge in [-0.15, -0.1) is 0 Å². The Morgan fingerprint density at radius 2 is 2.14 bits per heavy atom. The van der Waals surface area contributed by atoms with Gasteiger partial charge in [0.25, 0.3) is 0 Å². The molecule has 0 spiro atoms. The molecule has 1 aromatic carbocycles. The Morgan fingerprint density at radius 1 is 1.50 bits per heavy atom. The molecule has 1 rings (SSSR count). The Labute approximate surface area is 91.9 Å². The van der Waals surface area contributed by atoms with Crippen molar-refractivity contribution in [3.05, 3.63) is 39.1 Å². The fraction of sp³-hybridized carbons (Fsp3) is 0.273. The molecule has 0 heterocycles. The van der Waals surface area contributed by atoms with Crippen LogP contribution in [0.2, 0.25) is 0 Å². The predicted molar refractivity (Wildman–Crippen MR) is 61.7 cm³/mol. The zero-order chi connectivity index (χ0) is 10.7. The highest BCUT2D eigenvalue weighted by Gasteiger charge is 2.09. The molecule has 1 aromatic rings. The average molecular weight is 258 g/mol. The summed E-state index contributed by atoms with van der Waals surface area (Å²) in [5, 5.41) is 0. The monoisotopic (exact) mass is 257 g/mol. The molecular weight excluding hydrogens is 245 g/mol. The van der Waals surface area contributed by atoms with Crippen molar-refractivity contribution in [2.75, 3.05) is 6.54 Å². The van der Waals surface area contributed by atoms with Gasteiger partial charge in [-0.05, 0) is 47.0 Å². The Morgan fingerprint density at radius 3 is 2.71 bits per heavy atom. The summed E-state index contributed by atoms with van der Waals surface area (Å²) < 4.78 is 14.1. The molecule has 0 fully saturated rings. The van der Waals surface area contributed by atoms with Gasteiger partial charge in [-0.2, -0.15) is 0 Å². The van der Waals surface area contributed by atoms with E-state index in [1.54, 1.807) is 18.2 Å².